The molecule has 1 fully saturated rings. The number of hydrogen-bond acceptors (Lipinski definition) is 5. The molecule has 9 heteroatoms. The summed E-state index contributed by atoms with van der Waals surface area (Å²) >= 11 is 0. The number of nitrogens with zero attached hydrogens (tertiary/aromatic N) is 1. The maximum Gasteiger partial charge on any atom is 0.255 e. The fraction of sp³-hybridized carbons (Fsp3) is 0.130. The minimum atomic E-state index is -3.79. The van der Waals surface area contributed by atoms with Gasteiger partial charge in [-0.2, -0.15) is 4.31 Å². The Morgan fingerprint density at radius 1 is 0.844 bits per heavy atom. The van der Waals surface area contributed by atoms with Gasteiger partial charge in [-0.3, -0.25) is 9.59 Å². The molecule has 0 radical (unpaired) electrons. The summed E-state index contributed by atoms with van der Waals surface area (Å²) in [6.45, 7) is 0.281. The van der Waals surface area contributed by atoms with Gasteiger partial charge in [-0.25, -0.2) is 8.42 Å². The first-order valence-corrected chi connectivity index (χ1v) is 11.5. The van der Waals surface area contributed by atoms with Gasteiger partial charge in [-0.15, -0.1) is 0 Å². The molecule has 32 heavy (non-hydrogen) atoms. The molecule has 4 rings (SSSR count). The molecular formula is C23H22N4O4S. The van der Waals surface area contributed by atoms with Gasteiger partial charge in [0.2, 0.25) is 15.9 Å². The minimum Gasteiger partial charge on any atom is -0.356 e. The lowest BCUT2D eigenvalue weighted by Crippen LogP contribution is -2.49. The van der Waals surface area contributed by atoms with Gasteiger partial charge in [0.15, 0.2) is 0 Å². The standard InChI is InChI=1S/C23H22N4O4S/c28-22-16-27(15-14-24-22)32(30,31)21-12-6-17(7-13-21)23(29)26-20-10-8-19(9-11-20)25-18-4-2-1-3-5-18/h1-13,25H,14-16H2,(H,24,28)(H,26,29). The summed E-state index contributed by atoms with van der Waals surface area (Å²) in [5, 5.41) is 8.66. The van der Waals surface area contributed by atoms with Crippen LogP contribution in [0.4, 0.5) is 17.1 Å². The van der Waals surface area contributed by atoms with Crippen LogP contribution in [0.2, 0.25) is 0 Å². The highest BCUT2D eigenvalue weighted by molar-refractivity contribution is 7.89. The Morgan fingerprint density at radius 2 is 1.47 bits per heavy atom. The van der Waals surface area contributed by atoms with Crippen molar-refractivity contribution in [1.29, 1.82) is 0 Å². The molecule has 3 N–H and O–H groups in total. The fourth-order valence-electron chi connectivity index (χ4n) is 3.28. The van der Waals surface area contributed by atoms with Crippen molar-refractivity contribution in [2.75, 3.05) is 30.3 Å². The van der Waals surface area contributed by atoms with Crippen LogP contribution < -0.4 is 16.0 Å². The average molecular weight is 451 g/mol. The number of sulfonamides is 1. The summed E-state index contributed by atoms with van der Waals surface area (Å²) in [5.74, 6) is -0.684. The number of anilines is 3. The van der Waals surface area contributed by atoms with Crippen LogP contribution in [-0.2, 0) is 14.8 Å². The van der Waals surface area contributed by atoms with Crippen molar-refractivity contribution in [3.8, 4) is 0 Å². The number of hydrogen-bond donors (Lipinski definition) is 3. The number of amides is 2. The van der Waals surface area contributed by atoms with E-state index < -0.39 is 10.0 Å². The topological polar surface area (TPSA) is 108 Å². The van der Waals surface area contributed by atoms with Crippen molar-refractivity contribution < 1.29 is 18.0 Å². The van der Waals surface area contributed by atoms with Crippen molar-refractivity contribution in [3.05, 3.63) is 84.4 Å². The zero-order valence-corrected chi connectivity index (χ0v) is 17.9. The van der Waals surface area contributed by atoms with Crippen molar-refractivity contribution in [2.45, 2.75) is 4.90 Å². The average Bonchev–Trinajstić information content (AvgIpc) is 2.81. The molecule has 8 nitrogen and oxygen atoms in total. The Labute approximate surface area is 186 Å². The molecule has 0 unspecified atom stereocenters. The Morgan fingerprint density at radius 3 is 2.12 bits per heavy atom. The number of nitrogens with one attached hydrogen (secondary N) is 3. The maximum atomic E-state index is 12.7. The lowest BCUT2D eigenvalue weighted by atomic mass is 10.2. The predicted octanol–water partition coefficient (Wildman–Crippen LogP) is 2.80. The third-order valence-electron chi connectivity index (χ3n) is 4.96. The van der Waals surface area contributed by atoms with E-state index in [0.717, 1.165) is 15.7 Å². The van der Waals surface area contributed by atoms with E-state index in [1.807, 2.05) is 42.5 Å². The van der Waals surface area contributed by atoms with E-state index in [9.17, 15) is 18.0 Å². The van der Waals surface area contributed by atoms with Crippen LogP contribution in [0.15, 0.2) is 83.8 Å². The number of rotatable bonds is 6. The Kier molecular flexibility index (Phi) is 6.20. The van der Waals surface area contributed by atoms with Crippen molar-refractivity contribution >= 4 is 38.9 Å². The monoisotopic (exact) mass is 450 g/mol. The molecule has 3 aromatic carbocycles. The molecule has 1 heterocycles. The van der Waals surface area contributed by atoms with E-state index >= 15 is 0 Å². The van der Waals surface area contributed by atoms with E-state index in [1.54, 1.807) is 12.1 Å². The molecule has 1 aliphatic rings. The number of piperazine rings is 1. The van der Waals surface area contributed by atoms with Crippen LogP contribution in [0.1, 0.15) is 10.4 Å². The molecule has 3 aromatic rings. The summed E-state index contributed by atoms with van der Waals surface area (Å²) in [4.78, 5) is 24.1. The van der Waals surface area contributed by atoms with Gasteiger partial charge in [0.25, 0.3) is 5.91 Å². The second kappa shape index (κ2) is 9.21. The van der Waals surface area contributed by atoms with Crippen LogP contribution in [0.3, 0.4) is 0 Å². The number of benzene rings is 3. The maximum absolute atomic E-state index is 12.7. The van der Waals surface area contributed by atoms with Gasteiger partial charge in [0.05, 0.1) is 11.4 Å². The number of carbonyl (C=O) groups is 2. The van der Waals surface area contributed by atoms with E-state index in [2.05, 4.69) is 16.0 Å². The third kappa shape index (κ3) is 4.96. The van der Waals surface area contributed by atoms with Crippen LogP contribution in [-0.4, -0.2) is 44.2 Å². The zero-order valence-electron chi connectivity index (χ0n) is 17.1. The Bertz CT molecular complexity index is 1210. The highest BCUT2D eigenvalue weighted by Gasteiger charge is 2.29. The summed E-state index contributed by atoms with van der Waals surface area (Å²) in [5.41, 5.74) is 2.79. The lowest BCUT2D eigenvalue weighted by Gasteiger charge is -2.25. The Balaban J connectivity index is 1.40. The smallest absolute Gasteiger partial charge is 0.255 e. The van der Waals surface area contributed by atoms with E-state index in [4.69, 9.17) is 0 Å². The van der Waals surface area contributed by atoms with Gasteiger partial charge in [-0.1, -0.05) is 18.2 Å². The first-order chi connectivity index (χ1) is 15.4. The summed E-state index contributed by atoms with van der Waals surface area (Å²) in [6.07, 6.45) is 0. The normalized spacial score (nSPS) is 14.4. The number of para-hydroxylation sites is 1. The molecule has 164 valence electrons. The van der Waals surface area contributed by atoms with Crippen molar-refractivity contribution in [2.24, 2.45) is 0 Å². The lowest BCUT2D eigenvalue weighted by molar-refractivity contribution is -0.122. The highest BCUT2D eigenvalue weighted by atomic mass is 32.2. The van der Waals surface area contributed by atoms with Gasteiger partial charge in [0, 0.05) is 35.7 Å². The minimum absolute atomic E-state index is 0.0417. The largest absolute Gasteiger partial charge is 0.356 e. The molecule has 2 amide bonds. The molecule has 0 aliphatic carbocycles. The van der Waals surface area contributed by atoms with E-state index in [1.165, 1.54) is 24.3 Å². The second-order valence-corrected chi connectivity index (χ2v) is 9.17. The molecule has 0 bridgehead atoms. The van der Waals surface area contributed by atoms with Crippen LogP contribution >= 0.6 is 0 Å². The van der Waals surface area contributed by atoms with E-state index in [-0.39, 0.29) is 36.3 Å². The molecule has 0 saturated carbocycles. The van der Waals surface area contributed by atoms with Gasteiger partial charge < -0.3 is 16.0 Å². The van der Waals surface area contributed by atoms with Gasteiger partial charge in [-0.05, 0) is 60.7 Å². The molecule has 0 spiro atoms. The predicted molar refractivity (Wildman–Crippen MR) is 122 cm³/mol. The molecule has 1 aliphatic heterocycles. The van der Waals surface area contributed by atoms with Crippen molar-refractivity contribution in [3.63, 3.8) is 0 Å². The molecule has 1 saturated heterocycles. The molecular weight excluding hydrogens is 428 g/mol. The van der Waals surface area contributed by atoms with Crippen LogP contribution in [0.5, 0.6) is 0 Å². The molecule has 0 aromatic heterocycles. The summed E-state index contributed by atoms with van der Waals surface area (Å²) < 4.78 is 26.5. The summed E-state index contributed by atoms with van der Waals surface area (Å²) in [7, 11) is -3.79. The van der Waals surface area contributed by atoms with Crippen LogP contribution in [0, 0.1) is 0 Å². The van der Waals surface area contributed by atoms with Gasteiger partial charge in [0.1, 0.15) is 0 Å². The highest BCUT2D eigenvalue weighted by Crippen LogP contribution is 2.20. The summed E-state index contributed by atoms with van der Waals surface area (Å²) in [6, 6.07) is 22.7. The molecule has 0 atom stereocenters. The quantitative estimate of drug-likeness (QED) is 0.535. The first-order valence-electron chi connectivity index (χ1n) is 10.0. The van der Waals surface area contributed by atoms with Crippen molar-refractivity contribution in [1.82, 2.24) is 9.62 Å². The second-order valence-electron chi connectivity index (χ2n) is 7.24. The van der Waals surface area contributed by atoms with Crippen LogP contribution in [0.25, 0.3) is 0 Å². The fourth-order valence-corrected chi connectivity index (χ4v) is 4.67. The zero-order chi connectivity index (χ0) is 22.6. The van der Waals surface area contributed by atoms with E-state index in [0.29, 0.717) is 11.3 Å². The first kappa shape index (κ1) is 21.5. The van der Waals surface area contributed by atoms with Gasteiger partial charge >= 0.3 is 0 Å². The SMILES string of the molecule is O=C1CN(S(=O)(=O)c2ccc(C(=O)Nc3ccc(Nc4ccccc4)cc3)cc2)CCN1. The Hall–Kier alpha value is -3.69. The third-order valence-corrected chi connectivity index (χ3v) is 6.82. The number of carbonyl (C=O) groups excluding carboxylic acids is 2.